The van der Waals surface area contributed by atoms with E-state index in [0.29, 0.717) is 29.3 Å². The molecule has 0 radical (unpaired) electrons. The molecule has 35 heavy (non-hydrogen) atoms. The minimum atomic E-state index is -1.89. The van der Waals surface area contributed by atoms with Gasteiger partial charge in [0.1, 0.15) is 0 Å². The number of fused-ring (bicyclic) bond motifs is 2. The molecule has 0 amide bonds. The zero-order valence-electron chi connectivity index (χ0n) is 22.4. The predicted octanol–water partition coefficient (Wildman–Crippen LogP) is 9.18. The molecule has 0 saturated heterocycles. The fourth-order valence-corrected chi connectivity index (χ4v) is 14.0. The van der Waals surface area contributed by atoms with Crippen LogP contribution in [0.5, 0.6) is 11.5 Å². The third-order valence-electron chi connectivity index (χ3n) is 8.73. The highest BCUT2D eigenvalue weighted by Gasteiger charge is 2.46. The Balaban J connectivity index is 1.64. The molecule has 5 heteroatoms. The topological polar surface area (TPSA) is 35.4 Å². The summed E-state index contributed by atoms with van der Waals surface area (Å²) >= 11 is 0. The molecule has 2 aromatic carbocycles. The summed E-state index contributed by atoms with van der Waals surface area (Å²) in [4.78, 5) is 0. The molecule has 0 unspecified atom stereocenters. The third-order valence-corrected chi connectivity index (χ3v) is 15.5. The zero-order valence-corrected chi connectivity index (χ0v) is 23.4. The van der Waals surface area contributed by atoms with Gasteiger partial charge in [-0.05, 0) is 71.4 Å². The summed E-state index contributed by atoms with van der Waals surface area (Å²) in [5.41, 5.74) is 7.13. The Kier molecular flexibility index (Phi) is 6.64. The molecule has 3 aromatic rings. The molecule has 1 saturated carbocycles. The Morgan fingerprint density at radius 1 is 0.800 bits per heavy atom. The van der Waals surface area contributed by atoms with Crippen LogP contribution in [0.2, 0.25) is 16.6 Å². The Morgan fingerprint density at radius 3 is 2.11 bits per heavy atom. The number of hydrogen-bond donors (Lipinski definition) is 1. The lowest BCUT2D eigenvalue weighted by atomic mass is 9.84. The first-order valence-corrected chi connectivity index (χ1v) is 15.8. The molecule has 0 bridgehead atoms. The maximum absolute atomic E-state index is 5.60. The zero-order chi connectivity index (χ0) is 24.7. The van der Waals surface area contributed by atoms with E-state index in [2.05, 4.69) is 81.6 Å². The largest absolute Gasteiger partial charge is 0.454 e. The second kappa shape index (κ2) is 9.57. The first kappa shape index (κ1) is 24.3. The molecule has 4 nitrogen and oxygen atoms in total. The van der Waals surface area contributed by atoms with E-state index in [9.17, 15) is 0 Å². The Labute approximate surface area is 212 Å². The van der Waals surface area contributed by atoms with Crippen LogP contribution in [0.1, 0.15) is 85.1 Å². The molecule has 2 aliphatic rings. The number of hydrogen-bond acceptors (Lipinski definition) is 3. The van der Waals surface area contributed by atoms with Crippen LogP contribution in [0, 0.1) is 0 Å². The molecular formula is C30H42N2O2Si. The Bertz CT molecular complexity index is 1170. The highest BCUT2D eigenvalue weighted by molar-refractivity contribution is 6.82. The molecule has 5 rings (SSSR count). The number of rotatable bonds is 7. The molecule has 1 N–H and O–H groups in total. The van der Waals surface area contributed by atoms with E-state index in [-0.39, 0.29) is 0 Å². The van der Waals surface area contributed by atoms with E-state index >= 15 is 0 Å². The van der Waals surface area contributed by atoms with Crippen molar-refractivity contribution in [2.24, 2.45) is 0 Å². The molecule has 2 heterocycles. The average molecular weight is 491 g/mol. The first-order valence-electron chi connectivity index (χ1n) is 13.6. The van der Waals surface area contributed by atoms with Gasteiger partial charge in [0, 0.05) is 28.3 Å². The number of ether oxygens (including phenoxy) is 2. The van der Waals surface area contributed by atoms with E-state index in [0.717, 1.165) is 22.9 Å². The van der Waals surface area contributed by atoms with Crippen molar-refractivity contribution in [2.75, 3.05) is 12.1 Å². The van der Waals surface area contributed by atoms with Crippen molar-refractivity contribution in [3.8, 4) is 11.5 Å². The van der Waals surface area contributed by atoms with Gasteiger partial charge >= 0.3 is 0 Å². The molecule has 1 aliphatic heterocycles. The Hall–Kier alpha value is -2.40. The number of aromatic nitrogens is 1. The van der Waals surface area contributed by atoms with Crippen molar-refractivity contribution in [1.29, 1.82) is 0 Å². The molecule has 0 atom stereocenters. The van der Waals surface area contributed by atoms with Gasteiger partial charge in [-0.1, -0.05) is 66.9 Å². The lowest BCUT2D eigenvalue weighted by Crippen LogP contribution is -2.51. The van der Waals surface area contributed by atoms with Crippen LogP contribution in [0.15, 0.2) is 42.6 Å². The number of nitrogens with zero attached hydrogens (tertiary/aromatic N) is 1. The standard InChI is InChI=1S/C30H42N2O2Si/c1-20(2)35(21(3)4,22(5)6)32-18-27(23-10-8-7-9-11-23)26-14-12-24(16-28(26)32)31-25-13-15-29-30(17-25)34-19-33-29/h12-18,20-23,31H,7-11,19H2,1-6H3. The lowest BCUT2D eigenvalue weighted by Gasteiger charge is -2.44. The average Bonchev–Trinajstić information content (AvgIpc) is 3.44. The summed E-state index contributed by atoms with van der Waals surface area (Å²) in [6.07, 6.45) is 9.38. The second-order valence-electron chi connectivity index (χ2n) is 11.6. The summed E-state index contributed by atoms with van der Waals surface area (Å²) in [7, 11) is -1.89. The van der Waals surface area contributed by atoms with Crippen LogP contribution in [-0.4, -0.2) is 19.3 Å². The van der Waals surface area contributed by atoms with Crippen LogP contribution >= 0.6 is 0 Å². The normalized spacial score (nSPS) is 16.7. The van der Waals surface area contributed by atoms with Crippen LogP contribution < -0.4 is 14.8 Å². The van der Waals surface area contributed by atoms with E-state index in [4.69, 9.17) is 9.47 Å². The summed E-state index contributed by atoms with van der Waals surface area (Å²) in [6, 6.07) is 13.1. The van der Waals surface area contributed by atoms with Crippen molar-refractivity contribution in [3.63, 3.8) is 0 Å². The van der Waals surface area contributed by atoms with Gasteiger partial charge in [-0.15, -0.1) is 0 Å². The maximum Gasteiger partial charge on any atom is 0.231 e. The monoisotopic (exact) mass is 490 g/mol. The first-order chi connectivity index (χ1) is 16.8. The molecule has 1 aliphatic carbocycles. The van der Waals surface area contributed by atoms with E-state index in [1.165, 1.54) is 43.0 Å². The van der Waals surface area contributed by atoms with Crippen molar-refractivity contribution in [3.05, 3.63) is 48.2 Å². The third kappa shape index (κ3) is 4.16. The fourth-order valence-electron chi connectivity index (χ4n) is 7.37. The molecule has 188 valence electrons. The maximum atomic E-state index is 5.60. The van der Waals surface area contributed by atoms with Gasteiger partial charge in [0.25, 0.3) is 0 Å². The van der Waals surface area contributed by atoms with Crippen molar-refractivity contribution in [2.45, 2.75) is 96.2 Å². The summed E-state index contributed by atoms with van der Waals surface area (Å²) in [5.74, 6) is 2.32. The van der Waals surface area contributed by atoms with Gasteiger partial charge in [0.2, 0.25) is 6.79 Å². The molecule has 1 aromatic heterocycles. The summed E-state index contributed by atoms with van der Waals surface area (Å²) < 4.78 is 13.9. The van der Waals surface area contributed by atoms with Crippen LogP contribution in [-0.2, 0) is 0 Å². The van der Waals surface area contributed by atoms with Crippen LogP contribution in [0.4, 0.5) is 11.4 Å². The van der Waals surface area contributed by atoms with Gasteiger partial charge in [-0.3, -0.25) is 0 Å². The minimum absolute atomic E-state index is 0.300. The Morgan fingerprint density at radius 2 is 1.43 bits per heavy atom. The van der Waals surface area contributed by atoms with E-state index in [1.807, 2.05) is 12.1 Å². The van der Waals surface area contributed by atoms with Crippen LogP contribution in [0.25, 0.3) is 10.9 Å². The lowest BCUT2D eigenvalue weighted by molar-refractivity contribution is 0.174. The van der Waals surface area contributed by atoms with Gasteiger partial charge in [0.15, 0.2) is 19.7 Å². The highest BCUT2D eigenvalue weighted by Crippen LogP contribution is 2.47. The highest BCUT2D eigenvalue weighted by atomic mass is 28.3. The number of anilines is 2. The summed E-state index contributed by atoms with van der Waals surface area (Å²) in [6.45, 7) is 15.1. The quantitative estimate of drug-likeness (QED) is 0.335. The van der Waals surface area contributed by atoms with Gasteiger partial charge < -0.3 is 19.0 Å². The van der Waals surface area contributed by atoms with Crippen molar-refractivity contribution < 1.29 is 9.47 Å². The summed E-state index contributed by atoms with van der Waals surface area (Å²) in [5, 5.41) is 5.11. The van der Waals surface area contributed by atoms with E-state index in [1.54, 1.807) is 5.56 Å². The molecule has 1 fully saturated rings. The second-order valence-corrected chi connectivity index (χ2v) is 17.3. The SMILES string of the molecule is CC(C)[Si](C(C)C)(C(C)C)n1cc(C2CCCCC2)c2ccc(Nc3ccc4c(c3)OCO4)cc21. The van der Waals surface area contributed by atoms with Gasteiger partial charge in [-0.2, -0.15) is 0 Å². The van der Waals surface area contributed by atoms with Gasteiger partial charge in [0.05, 0.1) is 0 Å². The van der Waals surface area contributed by atoms with Crippen LogP contribution in [0.3, 0.4) is 0 Å². The molecular weight excluding hydrogens is 448 g/mol. The smallest absolute Gasteiger partial charge is 0.231 e. The number of nitrogens with one attached hydrogen (secondary N) is 1. The van der Waals surface area contributed by atoms with Crippen molar-refractivity contribution >= 4 is 30.5 Å². The number of benzene rings is 2. The molecule has 0 spiro atoms. The fraction of sp³-hybridized carbons (Fsp3) is 0.533. The minimum Gasteiger partial charge on any atom is -0.454 e. The van der Waals surface area contributed by atoms with Crippen molar-refractivity contribution in [1.82, 2.24) is 4.23 Å². The van der Waals surface area contributed by atoms with Gasteiger partial charge in [-0.25, -0.2) is 0 Å². The van der Waals surface area contributed by atoms with E-state index < -0.39 is 8.24 Å². The predicted molar refractivity (Wildman–Crippen MR) is 150 cm³/mol.